The molecule has 0 fully saturated rings. The summed E-state index contributed by atoms with van der Waals surface area (Å²) in [6.45, 7) is 0.372. The molecule has 7 nitrogen and oxygen atoms in total. The summed E-state index contributed by atoms with van der Waals surface area (Å²) in [6.07, 6.45) is 2.32. The lowest BCUT2D eigenvalue weighted by Gasteiger charge is -2.08. The van der Waals surface area contributed by atoms with Crippen LogP contribution in [0.3, 0.4) is 0 Å². The standard InChI is InChI=1S/C16H18N4O3S/c21-24(22,13-12-23-14-6-2-1-3-7-14)17-10-9-16-19-18-15-8-4-5-11-20(15)16/h1-8,11,17H,9-10,12-13H2. The van der Waals surface area contributed by atoms with Crippen molar-refractivity contribution in [3.8, 4) is 5.75 Å². The molecule has 2 aromatic heterocycles. The maximum absolute atomic E-state index is 12.0. The number of rotatable bonds is 8. The highest BCUT2D eigenvalue weighted by Gasteiger charge is 2.11. The zero-order chi connectivity index (χ0) is 16.8. The first-order valence-electron chi connectivity index (χ1n) is 7.58. The van der Waals surface area contributed by atoms with E-state index >= 15 is 0 Å². The first kappa shape index (κ1) is 16.4. The fourth-order valence-corrected chi connectivity index (χ4v) is 3.10. The Balaban J connectivity index is 1.46. The van der Waals surface area contributed by atoms with Gasteiger partial charge in [0.1, 0.15) is 18.2 Å². The van der Waals surface area contributed by atoms with Crippen LogP contribution in [0.25, 0.3) is 5.65 Å². The van der Waals surface area contributed by atoms with E-state index in [1.807, 2.05) is 47.0 Å². The van der Waals surface area contributed by atoms with Crippen LogP contribution >= 0.6 is 0 Å². The van der Waals surface area contributed by atoms with E-state index in [4.69, 9.17) is 4.74 Å². The van der Waals surface area contributed by atoms with Gasteiger partial charge in [0.15, 0.2) is 5.65 Å². The second kappa shape index (κ2) is 7.41. The molecule has 2 heterocycles. The van der Waals surface area contributed by atoms with Crippen LogP contribution in [0, 0.1) is 0 Å². The van der Waals surface area contributed by atoms with Crippen molar-refractivity contribution in [2.24, 2.45) is 0 Å². The van der Waals surface area contributed by atoms with Crippen LogP contribution in [-0.4, -0.2) is 41.9 Å². The van der Waals surface area contributed by atoms with E-state index < -0.39 is 10.0 Å². The summed E-state index contributed by atoms with van der Waals surface area (Å²) in [5, 5.41) is 8.10. The average Bonchev–Trinajstić information content (AvgIpc) is 2.99. The number of para-hydroxylation sites is 1. The summed E-state index contributed by atoms with van der Waals surface area (Å²) < 4.78 is 33.8. The summed E-state index contributed by atoms with van der Waals surface area (Å²) in [7, 11) is -3.39. The Morgan fingerprint density at radius 1 is 1.04 bits per heavy atom. The fourth-order valence-electron chi connectivity index (χ4n) is 2.24. The number of benzene rings is 1. The van der Waals surface area contributed by atoms with Crippen LogP contribution in [0.1, 0.15) is 5.82 Å². The third-order valence-corrected chi connectivity index (χ3v) is 4.77. The lowest BCUT2D eigenvalue weighted by Crippen LogP contribution is -2.31. The topological polar surface area (TPSA) is 85.6 Å². The van der Waals surface area contributed by atoms with Crippen molar-refractivity contribution in [1.29, 1.82) is 0 Å². The summed E-state index contributed by atoms with van der Waals surface area (Å²) in [4.78, 5) is 0. The number of nitrogens with zero attached hydrogens (tertiary/aromatic N) is 3. The lowest BCUT2D eigenvalue weighted by molar-refractivity contribution is 0.340. The van der Waals surface area contributed by atoms with Gasteiger partial charge >= 0.3 is 0 Å². The highest BCUT2D eigenvalue weighted by Crippen LogP contribution is 2.08. The van der Waals surface area contributed by atoms with Crippen molar-refractivity contribution in [1.82, 2.24) is 19.3 Å². The predicted octanol–water partition coefficient (Wildman–Crippen LogP) is 1.27. The van der Waals surface area contributed by atoms with Gasteiger partial charge < -0.3 is 4.74 Å². The molecule has 0 radical (unpaired) electrons. The van der Waals surface area contributed by atoms with E-state index in [0.717, 1.165) is 5.65 Å². The van der Waals surface area contributed by atoms with Gasteiger partial charge in [-0.3, -0.25) is 4.40 Å². The highest BCUT2D eigenvalue weighted by atomic mass is 32.2. The molecule has 0 unspecified atom stereocenters. The molecule has 1 aromatic carbocycles. The summed E-state index contributed by atoms with van der Waals surface area (Å²) in [5.41, 5.74) is 0.742. The number of pyridine rings is 1. The first-order chi connectivity index (χ1) is 11.6. The Bertz CT molecular complexity index is 894. The monoisotopic (exact) mass is 346 g/mol. The van der Waals surface area contributed by atoms with Crippen molar-refractivity contribution < 1.29 is 13.2 Å². The van der Waals surface area contributed by atoms with E-state index in [2.05, 4.69) is 14.9 Å². The molecule has 3 aromatic rings. The Morgan fingerprint density at radius 3 is 2.67 bits per heavy atom. The SMILES string of the molecule is O=S(=O)(CCOc1ccccc1)NCCc1nnc2ccccn12. The predicted molar refractivity (Wildman–Crippen MR) is 90.4 cm³/mol. The highest BCUT2D eigenvalue weighted by molar-refractivity contribution is 7.89. The number of sulfonamides is 1. The van der Waals surface area contributed by atoms with E-state index in [9.17, 15) is 8.42 Å². The van der Waals surface area contributed by atoms with Crippen LogP contribution in [0.4, 0.5) is 0 Å². The van der Waals surface area contributed by atoms with Crippen LogP contribution in [0.2, 0.25) is 0 Å². The minimum absolute atomic E-state index is 0.0948. The van der Waals surface area contributed by atoms with Crippen molar-refractivity contribution in [3.05, 3.63) is 60.6 Å². The van der Waals surface area contributed by atoms with Gasteiger partial charge in [-0.25, -0.2) is 13.1 Å². The molecule has 0 bridgehead atoms. The molecular weight excluding hydrogens is 328 g/mol. The van der Waals surface area contributed by atoms with Gasteiger partial charge in [-0.1, -0.05) is 24.3 Å². The quantitative estimate of drug-likeness (QED) is 0.664. The second-order valence-electron chi connectivity index (χ2n) is 5.17. The molecule has 0 amide bonds. The minimum Gasteiger partial charge on any atom is -0.492 e. The summed E-state index contributed by atoms with van der Waals surface area (Å²) in [5.74, 6) is 1.28. The molecule has 0 spiro atoms. The van der Waals surface area contributed by atoms with Gasteiger partial charge in [-0.2, -0.15) is 0 Å². The van der Waals surface area contributed by atoms with Crippen molar-refractivity contribution in [3.63, 3.8) is 0 Å². The van der Waals surface area contributed by atoms with Crippen LogP contribution in [-0.2, 0) is 16.4 Å². The van der Waals surface area contributed by atoms with Crippen LogP contribution in [0.15, 0.2) is 54.7 Å². The summed E-state index contributed by atoms with van der Waals surface area (Å²) >= 11 is 0. The van der Waals surface area contributed by atoms with E-state index in [0.29, 0.717) is 18.0 Å². The van der Waals surface area contributed by atoms with Gasteiger partial charge in [0.25, 0.3) is 0 Å². The zero-order valence-corrected chi connectivity index (χ0v) is 13.8. The smallest absolute Gasteiger partial charge is 0.214 e. The molecular formula is C16H18N4O3S. The first-order valence-corrected chi connectivity index (χ1v) is 9.23. The lowest BCUT2D eigenvalue weighted by atomic mass is 10.3. The molecule has 126 valence electrons. The molecule has 3 rings (SSSR count). The zero-order valence-electron chi connectivity index (χ0n) is 13.0. The third-order valence-electron chi connectivity index (χ3n) is 3.42. The minimum atomic E-state index is -3.39. The Morgan fingerprint density at radius 2 is 1.83 bits per heavy atom. The maximum atomic E-state index is 12.0. The fraction of sp³-hybridized carbons (Fsp3) is 0.250. The van der Waals surface area contributed by atoms with Gasteiger partial charge in [0, 0.05) is 19.2 Å². The van der Waals surface area contributed by atoms with E-state index in [-0.39, 0.29) is 18.9 Å². The number of hydrogen-bond donors (Lipinski definition) is 1. The van der Waals surface area contributed by atoms with E-state index in [1.54, 1.807) is 12.1 Å². The Labute approximate surface area is 140 Å². The average molecular weight is 346 g/mol. The number of hydrogen-bond acceptors (Lipinski definition) is 5. The maximum Gasteiger partial charge on any atom is 0.214 e. The number of ether oxygens (including phenoxy) is 1. The van der Waals surface area contributed by atoms with Gasteiger partial charge in [0.05, 0.1) is 5.75 Å². The normalized spacial score (nSPS) is 11.7. The number of aromatic nitrogens is 3. The number of fused-ring (bicyclic) bond motifs is 1. The molecule has 0 aliphatic heterocycles. The molecule has 1 N–H and O–H groups in total. The molecule has 0 saturated heterocycles. The molecule has 8 heteroatoms. The van der Waals surface area contributed by atoms with Crippen LogP contribution < -0.4 is 9.46 Å². The molecule has 0 atom stereocenters. The Hall–Kier alpha value is -2.45. The van der Waals surface area contributed by atoms with Crippen molar-refractivity contribution in [2.75, 3.05) is 18.9 Å². The van der Waals surface area contributed by atoms with Crippen molar-refractivity contribution in [2.45, 2.75) is 6.42 Å². The molecule has 0 saturated carbocycles. The molecule has 0 aliphatic rings. The van der Waals surface area contributed by atoms with Crippen LogP contribution in [0.5, 0.6) is 5.75 Å². The Kier molecular flexibility index (Phi) is 5.07. The third kappa shape index (κ3) is 4.30. The molecule has 0 aliphatic carbocycles. The summed E-state index contributed by atoms with van der Waals surface area (Å²) in [6, 6.07) is 14.7. The van der Waals surface area contributed by atoms with Gasteiger partial charge in [-0.15, -0.1) is 10.2 Å². The van der Waals surface area contributed by atoms with Gasteiger partial charge in [-0.05, 0) is 24.3 Å². The number of nitrogens with one attached hydrogen (secondary N) is 1. The van der Waals surface area contributed by atoms with Crippen molar-refractivity contribution >= 4 is 15.7 Å². The largest absolute Gasteiger partial charge is 0.492 e. The van der Waals surface area contributed by atoms with Gasteiger partial charge in [0.2, 0.25) is 10.0 Å². The molecule has 24 heavy (non-hydrogen) atoms. The second-order valence-corrected chi connectivity index (χ2v) is 7.10. The van der Waals surface area contributed by atoms with E-state index in [1.165, 1.54) is 0 Å².